The lowest BCUT2D eigenvalue weighted by atomic mass is 10.3. The molecule has 0 atom stereocenters. The molecule has 0 radical (unpaired) electrons. The fourth-order valence-corrected chi connectivity index (χ4v) is 1.09. The van der Waals surface area contributed by atoms with Gasteiger partial charge in [-0.15, -0.1) is 0 Å². The van der Waals surface area contributed by atoms with Crippen LogP contribution in [0.4, 0.5) is 18.0 Å². The van der Waals surface area contributed by atoms with Crippen molar-refractivity contribution >= 4 is 12.0 Å². The number of carboxylic acids is 1. The van der Waals surface area contributed by atoms with Crippen LogP contribution in [-0.2, 0) is 4.79 Å². The summed E-state index contributed by atoms with van der Waals surface area (Å²) in [6, 6.07) is -1.29. The quantitative estimate of drug-likeness (QED) is 0.782. The van der Waals surface area contributed by atoms with Gasteiger partial charge in [-0.1, -0.05) is 0 Å². The van der Waals surface area contributed by atoms with Crippen LogP contribution < -0.4 is 5.32 Å². The first-order chi connectivity index (χ1) is 7.63. The third kappa shape index (κ3) is 7.42. The Kier molecular flexibility index (Phi) is 5.77. The van der Waals surface area contributed by atoms with Gasteiger partial charge in [0.05, 0.1) is 6.42 Å². The molecule has 0 spiro atoms. The van der Waals surface area contributed by atoms with E-state index in [4.69, 9.17) is 5.11 Å². The van der Waals surface area contributed by atoms with Gasteiger partial charge in [0, 0.05) is 12.6 Å². The molecule has 0 saturated carbocycles. The molecule has 0 aliphatic rings. The zero-order chi connectivity index (χ0) is 13.6. The average molecular weight is 256 g/mol. The molecule has 17 heavy (non-hydrogen) atoms. The van der Waals surface area contributed by atoms with Gasteiger partial charge in [-0.2, -0.15) is 13.2 Å². The minimum absolute atomic E-state index is 0.128. The number of carbonyl (C=O) groups is 2. The summed E-state index contributed by atoms with van der Waals surface area (Å²) in [4.78, 5) is 22.7. The number of nitrogens with zero attached hydrogens (tertiary/aromatic N) is 1. The van der Waals surface area contributed by atoms with Gasteiger partial charge in [-0.25, -0.2) is 4.79 Å². The van der Waals surface area contributed by atoms with Crippen LogP contribution in [0.2, 0.25) is 0 Å². The number of halogens is 3. The van der Waals surface area contributed by atoms with Crippen LogP contribution >= 0.6 is 0 Å². The van der Waals surface area contributed by atoms with Crippen molar-refractivity contribution < 1.29 is 27.9 Å². The number of rotatable bonds is 5. The van der Waals surface area contributed by atoms with E-state index in [1.165, 1.54) is 0 Å². The number of urea groups is 1. The van der Waals surface area contributed by atoms with Crippen molar-refractivity contribution in [3.05, 3.63) is 0 Å². The maximum Gasteiger partial charge on any atom is 0.405 e. The second-order valence-electron chi connectivity index (χ2n) is 3.70. The van der Waals surface area contributed by atoms with Crippen molar-refractivity contribution in [2.75, 3.05) is 13.1 Å². The monoisotopic (exact) mass is 256 g/mol. The van der Waals surface area contributed by atoms with E-state index in [2.05, 4.69) is 0 Å². The summed E-state index contributed by atoms with van der Waals surface area (Å²) in [6.07, 6.45) is -4.79. The lowest BCUT2D eigenvalue weighted by molar-refractivity contribution is -0.137. The summed E-state index contributed by atoms with van der Waals surface area (Å²) >= 11 is 0. The van der Waals surface area contributed by atoms with Gasteiger partial charge in [0.1, 0.15) is 6.54 Å². The van der Waals surface area contributed by atoms with Crippen LogP contribution in [0.5, 0.6) is 0 Å². The highest BCUT2D eigenvalue weighted by Gasteiger charge is 2.29. The smallest absolute Gasteiger partial charge is 0.405 e. The molecule has 2 N–H and O–H groups in total. The molecule has 100 valence electrons. The lowest BCUT2D eigenvalue weighted by Gasteiger charge is -2.26. The number of alkyl halides is 3. The maximum atomic E-state index is 11.9. The molecule has 0 fully saturated rings. The third-order valence-electron chi connectivity index (χ3n) is 1.89. The first-order valence-electron chi connectivity index (χ1n) is 4.96. The molecule has 5 nitrogen and oxygen atoms in total. The molecule has 0 saturated heterocycles. The molecule has 0 heterocycles. The Morgan fingerprint density at radius 2 is 1.88 bits per heavy atom. The van der Waals surface area contributed by atoms with Crippen LogP contribution in [-0.4, -0.2) is 47.3 Å². The van der Waals surface area contributed by atoms with Crippen LogP contribution in [0, 0.1) is 0 Å². The Morgan fingerprint density at radius 1 is 1.35 bits per heavy atom. The zero-order valence-electron chi connectivity index (χ0n) is 9.54. The number of hydrogen-bond acceptors (Lipinski definition) is 2. The first-order valence-corrected chi connectivity index (χ1v) is 4.96. The van der Waals surface area contributed by atoms with Crippen molar-refractivity contribution in [1.82, 2.24) is 10.2 Å². The molecule has 0 bridgehead atoms. The summed E-state index contributed by atoms with van der Waals surface area (Å²) in [6.45, 7) is 1.63. The van der Waals surface area contributed by atoms with Gasteiger partial charge in [0.15, 0.2) is 0 Å². The predicted octanol–water partition coefficient (Wildman–Crippen LogP) is 1.44. The van der Waals surface area contributed by atoms with Gasteiger partial charge in [-0.3, -0.25) is 4.79 Å². The van der Waals surface area contributed by atoms with Crippen molar-refractivity contribution in [1.29, 1.82) is 0 Å². The highest BCUT2D eigenvalue weighted by Crippen LogP contribution is 2.12. The van der Waals surface area contributed by atoms with E-state index >= 15 is 0 Å². The fraction of sp³-hybridized carbons (Fsp3) is 0.778. The fourth-order valence-electron chi connectivity index (χ4n) is 1.09. The molecule has 2 amide bonds. The predicted molar refractivity (Wildman–Crippen MR) is 53.5 cm³/mol. The molecular weight excluding hydrogens is 241 g/mol. The van der Waals surface area contributed by atoms with Crippen molar-refractivity contribution in [2.24, 2.45) is 0 Å². The Morgan fingerprint density at radius 3 is 2.24 bits per heavy atom. The number of carbonyl (C=O) groups excluding carboxylic acids is 1. The van der Waals surface area contributed by atoms with Gasteiger partial charge < -0.3 is 15.3 Å². The summed E-state index contributed by atoms with van der Waals surface area (Å²) in [5, 5.41) is 10.1. The molecule has 0 aromatic heterocycles. The van der Waals surface area contributed by atoms with Crippen LogP contribution in [0.25, 0.3) is 0 Å². The number of carboxylic acid groups (broad SMARTS) is 1. The Hall–Kier alpha value is -1.47. The molecule has 0 aromatic rings. The Balaban J connectivity index is 4.30. The van der Waals surface area contributed by atoms with E-state index in [-0.39, 0.29) is 19.0 Å². The highest BCUT2D eigenvalue weighted by molar-refractivity contribution is 5.75. The normalized spacial score (nSPS) is 11.4. The van der Waals surface area contributed by atoms with Crippen molar-refractivity contribution in [2.45, 2.75) is 32.5 Å². The van der Waals surface area contributed by atoms with Crippen molar-refractivity contribution in [3.63, 3.8) is 0 Å². The van der Waals surface area contributed by atoms with Gasteiger partial charge >= 0.3 is 18.2 Å². The second kappa shape index (κ2) is 6.31. The summed E-state index contributed by atoms with van der Waals surface area (Å²) in [5.74, 6) is -1.11. The molecule has 0 rings (SSSR count). The number of aliphatic carboxylic acids is 1. The van der Waals surface area contributed by atoms with E-state index < -0.39 is 24.7 Å². The van der Waals surface area contributed by atoms with Gasteiger partial charge in [0.2, 0.25) is 0 Å². The third-order valence-corrected chi connectivity index (χ3v) is 1.89. The molecule has 8 heteroatoms. The Labute approximate surface area is 96.6 Å². The van der Waals surface area contributed by atoms with Crippen LogP contribution in [0.3, 0.4) is 0 Å². The minimum Gasteiger partial charge on any atom is -0.481 e. The summed E-state index contributed by atoms with van der Waals surface area (Å²) in [5.41, 5.74) is 0. The molecule has 0 unspecified atom stereocenters. The van der Waals surface area contributed by atoms with E-state index in [0.717, 1.165) is 4.90 Å². The highest BCUT2D eigenvalue weighted by atomic mass is 19.4. The Bertz CT molecular complexity index is 279. The molecule has 0 aliphatic carbocycles. The average Bonchev–Trinajstić information content (AvgIpc) is 2.12. The second-order valence-corrected chi connectivity index (χ2v) is 3.70. The largest absolute Gasteiger partial charge is 0.481 e. The van der Waals surface area contributed by atoms with Crippen LogP contribution in [0.15, 0.2) is 0 Å². The van der Waals surface area contributed by atoms with Gasteiger partial charge in [-0.05, 0) is 13.8 Å². The van der Waals surface area contributed by atoms with Crippen molar-refractivity contribution in [3.8, 4) is 0 Å². The number of nitrogens with one attached hydrogen (secondary N) is 1. The topological polar surface area (TPSA) is 69.6 Å². The van der Waals surface area contributed by atoms with Crippen LogP contribution in [0.1, 0.15) is 20.3 Å². The summed E-state index contributed by atoms with van der Waals surface area (Å²) in [7, 11) is 0. The van der Waals surface area contributed by atoms with E-state index in [0.29, 0.717) is 0 Å². The molecule has 0 aliphatic heterocycles. The standard InChI is InChI=1S/C9H15F3N2O3/c1-6(2)14(4-3-7(15)16)8(17)13-5-9(10,11)12/h6H,3-5H2,1-2H3,(H,13,17)(H,15,16). The SMILES string of the molecule is CC(C)N(CCC(=O)O)C(=O)NCC(F)(F)F. The molecular formula is C9H15F3N2O3. The first kappa shape index (κ1) is 15.5. The summed E-state index contributed by atoms with van der Waals surface area (Å²) < 4.78 is 35.6. The van der Waals surface area contributed by atoms with E-state index in [9.17, 15) is 22.8 Å². The van der Waals surface area contributed by atoms with Gasteiger partial charge in [0.25, 0.3) is 0 Å². The van der Waals surface area contributed by atoms with E-state index in [1.54, 1.807) is 19.2 Å². The minimum atomic E-state index is -4.48. The number of amides is 2. The molecule has 0 aromatic carbocycles. The lowest BCUT2D eigenvalue weighted by Crippen LogP contribution is -2.47. The zero-order valence-corrected chi connectivity index (χ0v) is 9.54. The maximum absolute atomic E-state index is 11.9. The van der Waals surface area contributed by atoms with E-state index in [1.807, 2.05) is 0 Å². The number of hydrogen-bond donors (Lipinski definition) is 2.